The molecule has 0 aromatic carbocycles. The van der Waals surface area contributed by atoms with E-state index < -0.39 is 48.7 Å². The van der Waals surface area contributed by atoms with Crippen molar-refractivity contribution in [3.8, 4) is 0 Å². The number of aliphatic hydroxyl groups excluding tert-OH is 4. The lowest BCUT2D eigenvalue weighted by molar-refractivity contribution is -0.160. The van der Waals surface area contributed by atoms with Crippen molar-refractivity contribution < 1.29 is 34.8 Å². The number of aldehydes is 1. The number of aliphatic hydroxyl groups is 4. The molecule has 1 aliphatic heterocycles. The second kappa shape index (κ2) is 7.70. The predicted molar refractivity (Wildman–Crippen MR) is 96.4 cm³/mol. The van der Waals surface area contributed by atoms with Crippen LogP contribution in [0.5, 0.6) is 0 Å². The number of hydrogen-bond acceptors (Lipinski definition) is 11. The molecule has 13 nitrogen and oxygen atoms in total. The number of hydrogen-bond donors (Lipinski definition) is 5. The van der Waals surface area contributed by atoms with Gasteiger partial charge in [0.15, 0.2) is 23.3 Å². The Balaban J connectivity index is 2.09. The molecule has 29 heavy (non-hydrogen) atoms. The molecule has 6 atom stereocenters. The summed E-state index contributed by atoms with van der Waals surface area (Å²) in [5.74, 6) is -0.588. The van der Waals surface area contributed by atoms with Gasteiger partial charge in [-0.15, -0.1) is 0 Å². The van der Waals surface area contributed by atoms with Crippen molar-refractivity contribution in [2.45, 2.75) is 43.1 Å². The van der Waals surface area contributed by atoms with Gasteiger partial charge in [0.2, 0.25) is 11.6 Å². The van der Waals surface area contributed by atoms with Gasteiger partial charge >= 0.3 is 0 Å². The molecule has 0 saturated carbocycles. The van der Waals surface area contributed by atoms with Gasteiger partial charge in [-0.2, -0.15) is 0 Å². The van der Waals surface area contributed by atoms with Gasteiger partial charge in [-0.25, -0.2) is 15.0 Å². The molecule has 0 aliphatic carbocycles. The Kier molecular flexibility index (Phi) is 5.62. The molecular formula is C16H22N6O7. The van der Waals surface area contributed by atoms with Crippen LogP contribution in [-0.2, 0) is 20.1 Å². The van der Waals surface area contributed by atoms with Gasteiger partial charge in [-0.05, 0) is 6.92 Å². The van der Waals surface area contributed by atoms with E-state index in [9.17, 15) is 30.0 Å². The maximum absolute atomic E-state index is 12.5. The molecule has 2 unspecified atom stereocenters. The van der Waals surface area contributed by atoms with E-state index in [0.717, 1.165) is 22.1 Å². The van der Waals surface area contributed by atoms with Crippen LogP contribution in [0, 0.1) is 0 Å². The smallest absolute Gasteiger partial charge is 0.247 e. The molecule has 0 spiro atoms. The fraction of sp³-hybridized carbons (Fsp3) is 0.562. The number of aromatic nitrogens is 4. The van der Waals surface area contributed by atoms with Gasteiger partial charge in [0.25, 0.3) is 0 Å². The first-order chi connectivity index (χ1) is 13.7. The minimum atomic E-state index is -2.09. The van der Waals surface area contributed by atoms with Crippen molar-refractivity contribution in [1.29, 1.82) is 0 Å². The van der Waals surface area contributed by atoms with Crippen molar-refractivity contribution in [1.82, 2.24) is 19.5 Å². The molecule has 2 aromatic rings. The summed E-state index contributed by atoms with van der Waals surface area (Å²) in [5, 5.41) is 39.4. The fourth-order valence-electron chi connectivity index (χ4n) is 3.19. The first-order valence-corrected chi connectivity index (χ1v) is 8.70. The molecule has 1 aliphatic rings. The molecule has 3 heterocycles. The Morgan fingerprint density at radius 3 is 2.69 bits per heavy atom. The summed E-state index contributed by atoms with van der Waals surface area (Å²) >= 11 is 0. The quantitative estimate of drug-likeness (QED) is 0.296. The van der Waals surface area contributed by atoms with Crippen LogP contribution in [0.3, 0.4) is 0 Å². The normalized spacial score (nSPS) is 29.0. The van der Waals surface area contributed by atoms with Gasteiger partial charge in [0, 0.05) is 7.05 Å². The lowest BCUT2D eigenvalue weighted by atomic mass is 10.0. The minimum Gasteiger partial charge on any atom is -0.394 e. The number of carbonyl (C=O) groups excluding carboxylic acids is 2. The molecule has 0 radical (unpaired) electrons. The third-order valence-corrected chi connectivity index (χ3v) is 4.96. The highest BCUT2D eigenvalue weighted by Gasteiger charge is 2.56. The third-order valence-electron chi connectivity index (χ3n) is 4.96. The highest BCUT2D eigenvalue weighted by atomic mass is 16.6. The van der Waals surface area contributed by atoms with E-state index >= 15 is 0 Å². The first-order valence-electron chi connectivity index (χ1n) is 8.70. The number of imidazole rings is 1. The summed E-state index contributed by atoms with van der Waals surface area (Å²) in [5.41, 5.74) is 3.71. The second-order valence-corrected chi connectivity index (χ2v) is 6.79. The van der Waals surface area contributed by atoms with Crippen molar-refractivity contribution in [2.24, 2.45) is 5.73 Å². The Morgan fingerprint density at radius 1 is 1.45 bits per heavy atom. The van der Waals surface area contributed by atoms with E-state index in [1.807, 2.05) is 0 Å². The van der Waals surface area contributed by atoms with Crippen LogP contribution >= 0.6 is 0 Å². The second-order valence-electron chi connectivity index (χ2n) is 6.79. The number of carbonyl (C=O) groups is 2. The van der Waals surface area contributed by atoms with Crippen LogP contribution in [0.15, 0.2) is 12.7 Å². The van der Waals surface area contributed by atoms with Gasteiger partial charge in [-0.3, -0.25) is 19.1 Å². The summed E-state index contributed by atoms with van der Waals surface area (Å²) in [6, 6.07) is -1.20. The molecule has 3 rings (SSSR count). The van der Waals surface area contributed by atoms with E-state index in [0.29, 0.717) is 0 Å². The van der Waals surface area contributed by atoms with Crippen molar-refractivity contribution >= 4 is 29.2 Å². The molecule has 2 aromatic heterocycles. The van der Waals surface area contributed by atoms with Gasteiger partial charge < -0.3 is 30.9 Å². The van der Waals surface area contributed by atoms with Crippen molar-refractivity contribution in [3.63, 3.8) is 0 Å². The minimum absolute atomic E-state index is 0.0252. The van der Waals surface area contributed by atoms with E-state index in [1.165, 1.54) is 14.0 Å². The number of ether oxygens (including phenoxy) is 1. The zero-order valence-corrected chi connectivity index (χ0v) is 15.7. The van der Waals surface area contributed by atoms with Crippen LogP contribution < -0.4 is 10.6 Å². The summed E-state index contributed by atoms with van der Waals surface area (Å²) in [6.45, 7) is 0.741. The van der Waals surface area contributed by atoms with Crippen LogP contribution in [0.4, 0.5) is 5.82 Å². The SMILES string of the molecule is CC(O)C(N)C(=O)N(C)c1ncnc2c1ncn2[C@]1(C=O)O[C@H](CO)[C@@H](O)[C@H]1O. The standard InChI is InChI=1S/C16H22N6O7/c1-7(25)9(17)15(28)21(2)13-10-14(19-5-18-13)22(6-20-10)16(4-24)12(27)11(26)8(3-23)29-16/h4-9,11-12,23,25-27H,3,17H2,1-2H3/t7?,8-,9?,11-,12-,16-/m1/s1. The molecule has 13 heteroatoms. The number of nitrogens with two attached hydrogens (primary N) is 1. The van der Waals surface area contributed by atoms with E-state index in [4.69, 9.17) is 10.5 Å². The molecule has 158 valence electrons. The zero-order chi connectivity index (χ0) is 21.5. The van der Waals surface area contributed by atoms with Gasteiger partial charge in [0.05, 0.1) is 12.7 Å². The summed E-state index contributed by atoms with van der Waals surface area (Å²) in [7, 11) is 1.38. The summed E-state index contributed by atoms with van der Waals surface area (Å²) < 4.78 is 6.55. The average molecular weight is 410 g/mol. The first kappa shape index (κ1) is 21.2. The maximum atomic E-state index is 12.5. The summed E-state index contributed by atoms with van der Waals surface area (Å²) in [4.78, 5) is 37.6. The van der Waals surface area contributed by atoms with Crippen LogP contribution in [-0.4, -0.2) is 96.3 Å². The number of fused-ring (bicyclic) bond motifs is 1. The lowest BCUT2D eigenvalue weighted by Crippen LogP contribution is -2.48. The lowest BCUT2D eigenvalue weighted by Gasteiger charge is -2.27. The third kappa shape index (κ3) is 3.17. The molecule has 1 saturated heterocycles. The highest BCUT2D eigenvalue weighted by Crippen LogP contribution is 2.36. The number of anilines is 1. The summed E-state index contributed by atoms with van der Waals surface area (Å²) in [6.07, 6.45) is -3.03. The van der Waals surface area contributed by atoms with Crippen molar-refractivity contribution in [2.75, 3.05) is 18.6 Å². The van der Waals surface area contributed by atoms with Gasteiger partial charge in [-0.1, -0.05) is 0 Å². The maximum Gasteiger partial charge on any atom is 0.247 e. The molecule has 1 fully saturated rings. The van der Waals surface area contributed by atoms with Crippen LogP contribution in [0.1, 0.15) is 6.92 Å². The van der Waals surface area contributed by atoms with E-state index in [1.54, 1.807) is 0 Å². The zero-order valence-electron chi connectivity index (χ0n) is 15.7. The number of likely N-dealkylation sites (N-methyl/N-ethyl adjacent to an activating group) is 1. The number of amides is 1. The number of rotatable bonds is 6. The van der Waals surface area contributed by atoms with Crippen LogP contribution in [0.2, 0.25) is 0 Å². The fourth-order valence-corrected chi connectivity index (χ4v) is 3.19. The monoisotopic (exact) mass is 410 g/mol. The van der Waals surface area contributed by atoms with Crippen LogP contribution in [0.25, 0.3) is 11.2 Å². The molecule has 0 bridgehead atoms. The Hall–Kier alpha value is -2.55. The van der Waals surface area contributed by atoms with Gasteiger partial charge in [0.1, 0.15) is 37.0 Å². The van der Waals surface area contributed by atoms with E-state index in [-0.39, 0.29) is 23.3 Å². The largest absolute Gasteiger partial charge is 0.394 e. The Morgan fingerprint density at radius 2 is 2.14 bits per heavy atom. The van der Waals surface area contributed by atoms with Crippen molar-refractivity contribution in [3.05, 3.63) is 12.7 Å². The van der Waals surface area contributed by atoms with E-state index in [2.05, 4.69) is 15.0 Å². The topological polar surface area (TPSA) is 197 Å². The highest BCUT2D eigenvalue weighted by molar-refractivity contribution is 6.01. The Labute approximate surface area is 164 Å². The number of nitrogens with zero attached hydrogens (tertiary/aromatic N) is 5. The molecular weight excluding hydrogens is 388 g/mol. The Bertz CT molecular complexity index is 920. The predicted octanol–water partition coefficient (Wildman–Crippen LogP) is -3.54. The molecule has 1 amide bonds. The molecule has 6 N–H and O–H groups in total. The average Bonchev–Trinajstić information content (AvgIpc) is 3.26.